The van der Waals surface area contributed by atoms with Gasteiger partial charge in [0.25, 0.3) is 0 Å². The van der Waals surface area contributed by atoms with Gasteiger partial charge in [-0.05, 0) is 32.8 Å². The van der Waals surface area contributed by atoms with Crippen molar-refractivity contribution in [2.75, 3.05) is 0 Å². The number of pyridine rings is 1. The highest BCUT2D eigenvalue weighted by Gasteiger charge is 2.49. The molecule has 2 fully saturated rings. The van der Waals surface area contributed by atoms with Crippen molar-refractivity contribution in [1.82, 2.24) is 35.5 Å². The molecule has 0 aromatic carbocycles. The highest BCUT2D eigenvalue weighted by atomic mass is 35.5. The summed E-state index contributed by atoms with van der Waals surface area (Å²) in [6.45, 7) is 4.53. The number of hydrogen-bond donors (Lipinski definition) is 2. The molecule has 2 aliphatic rings. The molecular weight excluding hydrogens is 441 g/mol. The van der Waals surface area contributed by atoms with Crippen molar-refractivity contribution in [3.63, 3.8) is 0 Å². The lowest BCUT2D eigenvalue weighted by Crippen LogP contribution is -2.56. The van der Waals surface area contributed by atoms with Crippen molar-refractivity contribution in [3.05, 3.63) is 36.8 Å². The monoisotopic (exact) mass is 465 g/mol. The lowest BCUT2D eigenvalue weighted by Gasteiger charge is -2.41. The normalized spacial score (nSPS) is 26.6. The molecule has 2 N–H and O–H groups in total. The van der Waals surface area contributed by atoms with Crippen molar-refractivity contribution >= 4 is 24.8 Å². The van der Waals surface area contributed by atoms with E-state index in [-0.39, 0.29) is 47.7 Å². The Hall–Kier alpha value is -2.49. The van der Waals surface area contributed by atoms with E-state index >= 15 is 0 Å². The van der Waals surface area contributed by atoms with Crippen LogP contribution in [0, 0.1) is 0 Å². The maximum Gasteiger partial charge on any atom is 0.233 e. The molecule has 2 saturated heterocycles. The summed E-state index contributed by atoms with van der Waals surface area (Å²) in [6.07, 6.45) is 9.06. The van der Waals surface area contributed by atoms with Gasteiger partial charge in [0.15, 0.2) is 0 Å². The number of aromatic nitrogens is 6. The van der Waals surface area contributed by atoms with Crippen LogP contribution in [-0.4, -0.2) is 52.5 Å². The van der Waals surface area contributed by atoms with Crippen molar-refractivity contribution in [1.29, 1.82) is 0 Å². The quantitative estimate of drug-likeness (QED) is 0.604. The van der Waals surface area contributed by atoms with Crippen LogP contribution in [-0.2, 0) is 0 Å². The van der Waals surface area contributed by atoms with Crippen molar-refractivity contribution < 1.29 is 9.84 Å². The number of rotatable bonds is 4. The second-order valence-corrected chi connectivity index (χ2v) is 8.53. The van der Waals surface area contributed by atoms with Gasteiger partial charge in [-0.25, -0.2) is 4.98 Å². The standard InChI is InChI=1S/C20H23N7O2.2ClH/c1-19-5-6-20(2,26-19)11-14(10-19)29-17-4-3-15(24-25-17)18-16(28)9-13(12-21-18)27-22-7-8-23-27;;/h3-4,7-9,12,14,26,28H,5-6,10-11H2,1-2H3;2*1H/t14-,19+,20-;;. The van der Waals surface area contributed by atoms with Gasteiger partial charge in [-0.2, -0.15) is 10.2 Å². The number of nitrogens with one attached hydrogen (secondary N) is 1. The molecule has 166 valence electrons. The van der Waals surface area contributed by atoms with Gasteiger partial charge in [-0.3, -0.25) is 0 Å². The Morgan fingerprint density at radius 2 is 1.74 bits per heavy atom. The predicted molar refractivity (Wildman–Crippen MR) is 119 cm³/mol. The fourth-order valence-electron chi connectivity index (χ4n) is 4.65. The first-order valence-electron chi connectivity index (χ1n) is 9.77. The molecule has 2 bridgehead atoms. The molecule has 3 aromatic heterocycles. The Morgan fingerprint density at radius 3 is 2.32 bits per heavy atom. The van der Waals surface area contributed by atoms with E-state index in [1.54, 1.807) is 36.8 Å². The van der Waals surface area contributed by atoms with E-state index in [0.717, 1.165) is 12.8 Å². The maximum absolute atomic E-state index is 10.4. The highest BCUT2D eigenvalue weighted by molar-refractivity contribution is 5.85. The number of halogens is 2. The predicted octanol–water partition coefficient (Wildman–Crippen LogP) is 3.11. The van der Waals surface area contributed by atoms with Gasteiger partial charge in [0, 0.05) is 36.1 Å². The summed E-state index contributed by atoms with van der Waals surface area (Å²) in [7, 11) is 0. The van der Waals surface area contributed by atoms with Crippen molar-refractivity contribution in [2.24, 2.45) is 0 Å². The fourth-order valence-corrected chi connectivity index (χ4v) is 4.65. The minimum Gasteiger partial charge on any atom is -0.506 e. The SMILES string of the molecule is C[C@]12CC[C@](C)(C[C@H](Oc3ccc(-c4ncc(-n5nccn5)cc4O)nn3)C1)N2.Cl.Cl. The zero-order chi connectivity index (χ0) is 20.1. The van der Waals surface area contributed by atoms with E-state index in [0.29, 0.717) is 23.0 Å². The third-order valence-electron chi connectivity index (χ3n) is 5.86. The van der Waals surface area contributed by atoms with E-state index < -0.39 is 0 Å². The number of piperidine rings is 1. The van der Waals surface area contributed by atoms with Gasteiger partial charge in [0.05, 0.1) is 18.6 Å². The summed E-state index contributed by atoms with van der Waals surface area (Å²) < 4.78 is 6.14. The lowest BCUT2D eigenvalue weighted by molar-refractivity contribution is 0.0754. The van der Waals surface area contributed by atoms with Gasteiger partial charge in [0.2, 0.25) is 5.88 Å². The molecular formula is C20H25Cl2N7O2. The Balaban J connectivity index is 0.00000136. The molecule has 3 aromatic rings. The molecule has 5 rings (SSSR count). The summed E-state index contributed by atoms with van der Waals surface area (Å²) in [6, 6.07) is 5.08. The minimum atomic E-state index is -0.0152. The lowest BCUT2D eigenvalue weighted by atomic mass is 9.86. The van der Waals surface area contributed by atoms with Crippen LogP contribution >= 0.6 is 24.8 Å². The first kappa shape index (κ1) is 23.2. The van der Waals surface area contributed by atoms with Gasteiger partial charge < -0.3 is 15.2 Å². The maximum atomic E-state index is 10.4. The van der Waals surface area contributed by atoms with Crippen LogP contribution in [0.1, 0.15) is 39.5 Å². The fraction of sp³-hybridized carbons (Fsp3) is 0.450. The van der Waals surface area contributed by atoms with E-state index in [9.17, 15) is 5.11 Å². The average Bonchev–Trinajstić information content (AvgIpc) is 3.28. The Morgan fingerprint density at radius 1 is 1.06 bits per heavy atom. The van der Waals surface area contributed by atoms with Crippen molar-refractivity contribution in [3.8, 4) is 28.7 Å². The van der Waals surface area contributed by atoms with Gasteiger partial charge in [-0.1, -0.05) is 0 Å². The number of nitrogens with zero attached hydrogens (tertiary/aromatic N) is 6. The molecule has 2 aliphatic heterocycles. The van der Waals surface area contributed by atoms with Crippen LogP contribution in [0.2, 0.25) is 0 Å². The van der Waals surface area contributed by atoms with Crippen LogP contribution < -0.4 is 10.1 Å². The third-order valence-corrected chi connectivity index (χ3v) is 5.86. The summed E-state index contributed by atoms with van der Waals surface area (Å²) >= 11 is 0. The van der Waals surface area contributed by atoms with E-state index in [1.807, 2.05) is 0 Å². The van der Waals surface area contributed by atoms with Crippen LogP contribution in [0.15, 0.2) is 36.8 Å². The van der Waals surface area contributed by atoms with Gasteiger partial charge >= 0.3 is 0 Å². The molecule has 9 nitrogen and oxygen atoms in total. The Kier molecular flexibility index (Phi) is 6.40. The second-order valence-electron chi connectivity index (χ2n) is 8.53. The Bertz CT molecular complexity index is 1020. The molecule has 0 aliphatic carbocycles. The molecule has 0 saturated carbocycles. The summed E-state index contributed by atoms with van der Waals surface area (Å²) in [5.41, 5.74) is 1.64. The molecule has 0 amide bonds. The molecule has 0 unspecified atom stereocenters. The molecule has 11 heteroatoms. The zero-order valence-electron chi connectivity index (χ0n) is 17.2. The van der Waals surface area contributed by atoms with Crippen molar-refractivity contribution in [2.45, 2.75) is 56.7 Å². The number of ether oxygens (including phenoxy) is 1. The average molecular weight is 466 g/mol. The minimum absolute atomic E-state index is 0. The first-order valence-corrected chi connectivity index (χ1v) is 9.77. The van der Waals surface area contributed by atoms with Crippen LogP contribution in [0.4, 0.5) is 0 Å². The van der Waals surface area contributed by atoms with E-state index in [4.69, 9.17) is 4.74 Å². The van der Waals surface area contributed by atoms with E-state index in [1.165, 1.54) is 17.6 Å². The topological polar surface area (TPSA) is 111 Å². The van der Waals surface area contributed by atoms with Crippen LogP contribution in [0.5, 0.6) is 11.6 Å². The largest absolute Gasteiger partial charge is 0.506 e. The summed E-state index contributed by atoms with van der Waals surface area (Å²) in [4.78, 5) is 5.67. The number of hydrogen-bond acceptors (Lipinski definition) is 8. The highest BCUT2D eigenvalue weighted by Crippen LogP contribution is 2.43. The smallest absolute Gasteiger partial charge is 0.233 e. The number of fused-ring (bicyclic) bond motifs is 2. The third kappa shape index (κ3) is 4.58. The van der Waals surface area contributed by atoms with Gasteiger partial charge in [-0.15, -0.1) is 39.8 Å². The summed E-state index contributed by atoms with van der Waals surface area (Å²) in [5.74, 6) is 0.475. The second kappa shape index (κ2) is 8.57. The zero-order valence-corrected chi connectivity index (χ0v) is 18.9. The molecule has 0 radical (unpaired) electrons. The van der Waals surface area contributed by atoms with E-state index in [2.05, 4.69) is 44.5 Å². The summed E-state index contributed by atoms with van der Waals surface area (Å²) in [5, 5.41) is 30.6. The molecule has 0 spiro atoms. The molecule has 31 heavy (non-hydrogen) atoms. The number of aromatic hydroxyl groups is 1. The van der Waals surface area contributed by atoms with Crippen LogP contribution in [0.25, 0.3) is 17.1 Å². The van der Waals surface area contributed by atoms with Crippen LogP contribution in [0.3, 0.4) is 0 Å². The van der Waals surface area contributed by atoms with Gasteiger partial charge in [0.1, 0.15) is 28.9 Å². The first-order chi connectivity index (χ1) is 13.9. The molecule has 3 atom stereocenters. The molecule has 5 heterocycles. The Labute approximate surface area is 192 Å².